The van der Waals surface area contributed by atoms with Crippen LogP contribution in [-0.2, 0) is 6.54 Å². The van der Waals surface area contributed by atoms with Crippen molar-refractivity contribution in [2.45, 2.75) is 13.5 Å². The lowest BCUT2D eigenvalue weighted by molar-refractivity contribution is -0.384. The summed E-state index contributed by atoms with van der Waals surface area (Å²) in [6.07, 6.45) is 0. The first-order valence-electron chi connectivity index (χ1n) is 5.40. The molecule has 0 unspecified atom stereocenters. The first-order chi connectivity index (χ1) is 8.97. The molecule has 2 aromatic rings. The highest BCUT2D eigenvalue weighted by Gasteiger charge is 2.09. The molecule has 0 bridgehead atoms. The molecule has 0 spiro atoms. The van der Waals surface area contributed by atoms with Crippen LogP contribution in [0, 0.1) is 17.0 Å². The minimum atomic E-state index is -0.396. The lowest BCUT2D eigenvalue weighted by Crippen LogP contribution is -2.00. The molecule has 2 rings (SSSR count). The fraction of sp³-hybridized carbons (Fsp3) is 0.167. The fourth-order valence-electron chi connectivity index (χ4n) is 1.62. The summed E-state index contributed by atoms with van der Waals surface area (Å²) in [5.74, 6) is 0. The van der Waals surface area contributed by atoms with Gasteiger partial charge in [0.05, 0.1) is 4.92 Å². The smallest absolute Gasteiger partial charge is 0.269 e. The molecule has 0 fully saturated rings. The fourth-order valence-corrected chi connectivity index (χ4v) is 3.35. The van der Waals surface area contributed by atoms with Crippen molar-refractivity contribution in [3.05, 3.63) is 53.6 Å². The van der Waals surface area contributed by atoms with Crippen LogP contribution in [0.3, 0.4) is 0 Å². The van der Waals surface area contributed by atoms with Crippen LogP contribution in [0.25, 0.3) is 0 Å². The maximum atomic E-state index is 10.7. The number of hydrogen-bond acceptors (Lipinski definition) is 4. The van der Waals surface area contributed by atoms with Gasteiger partial charge in [-0.1, -0.05) is 11.6 Å². The van der Waals surface area contributed by atoms with Gasteiger partial charge in [-0.25, -0.2) is 0 Å². The first kappa shape index (κ1) is 14.3. The van der Waals surface area contributed by atoms with E-state index in [9.17, 15) is 10.1 Å². The Bertz CT molecular complexity index is 611. The van der Waals surface area contributed by atoms with Gasteiger partial charge in [0.1, 0.15) is 4.34 Å². The Labute approximate surface area is 127 Å². The Hall–Kier alpha value is -1.11. The molecule has 100 valence electrons. The molecule has 1 aromatic heterocycles. The summed E-state index contributed by atoms with van der Waals surface area (Å²) in [5, 5.41) is 13.9. The normalized spacial score (nSPS) is 10.5. The van der Waals surface area contributed by atoms with Crippen molar-refractivity contribution in [1.82, 2.24) is 0 Å². The van der Waals surface area contributed by atoms with Gasteiger partial charge >= 0.3 is 0 Å². The van der Waals surface area contributed by atoms with Crippen molar-refractivity contribution in [2.75, 3.05) is 5.32 Å². The number of halogens is 2. The Morgan fingerprint density at radius 1 is 1.47 bits per heavy atom. The highest BCUT2D eigenvalue weighted by molar-refractivity contribution is 9.10. The minimum absolute atomic E-state index is 0.102. The second kappa shape index (κ2) is 5.90. The predicted octanol–water partition coefficient (Wildman–Crippen LogP) is 4.99. The van der Waals surface area contributed by atoms with E-state index in [4.69, 9.17) is 11.6 Å². The monoisotopic (exact) mass is 360 g/mol. The van der Waals surface area contributed by atoms with Crippen molar-refractivity contribution >= 4 is 50.2 Å². The minimum Gasteiger partial charge on any atom is -0.380 e. The standard InChI is InChI=1S/C12H10BrClN2O2S/c1-7-4-8(16(17)18)2-3-11(7)15-6-9-5-10(13)12(14)19-9/h2-5,15H,6H2,1H3. The molecule has 0 saturated carbocycles. The molecule has 1 heterocycles. The van der Waals surface area contributed by atoms with E-state index in [1.165, 1.54) is 17.4 Å². The van der Waals surface area contributed by atoms with Gasteiger partial charge in [-0.05, 0) is 40.5 Å². The van der Waals surface area contributed by atoms with Crippen molar-refractivity contribution in [3.8, 4) is 0 Å². The number of rotatable bonds is 4. The number of non-ortho nitro benzene ring substituents is 1. The summed E-state index contributed by atoms with van der Waals surface area (Å²) in [5.41, 5.74) is 1.83. The van der Waals surface area contributed by atoms with Crippen LogP contribution >= 0.6 is 38.9 Å². The van der Waals surface area contributed by atoms with E-state index < -0.39 is 4.92 Å². The number of aryl methyl sites for hydroxylation is 1. The van der Waals surface area contributed by atoms with E-state index in [-0.39, 0.29) is 5.69 Å². The number of nitrogens with zero attached hydrogens (tertiary/aromatic N) is 1. The third-order valence-electron chi connectivity index (χ3n) is 2.57. The number of nitro groups is 1. The highest BCUT2D eigenvalue weighted by atomic mass is 79.9. The molecule has 4 nitrogen and oxygen atoms in total. The number of thiophene rings is 1. The number of anilines is 1. The van der Waals surface area contributed by atoms with Gasteiger partial charge < -0.3 is 5.32 Å². The topological polar surface area (TPSA) is 55.2 Å². The summed E-state index contributed by atoms with van der Waals surface area (Å²) < 4.78 is 1.61. The second-order valence-corrected chi connectivity index (χ2v) is 6.54. The van der Waals surface area contributed by atoms with E-state index in [1.54, 1.807) is 12.1 Å². The van der Waals surface area contributed by atoms with Gasteiger partial charge in [-0.2, -0.15) is 0 Å². The molecule has 0 aliphatic rings. The second-order valence-electron chi connectivity index (χ2n) is 3.94. The van der Waals surface area contributed by atoms with Crippen LogP contribution in [0.15, 0.2) is 28.7 Å². The molecule has 0 atom stereocenters. The molecule has 7 heteroatoms. The Balaban J connectivity index is 2.09. The lowest BCUT2D eigenvalue weighted by Gasteiger charge is -2.07. The van der Waals surface area contributed by atoms with Crippen molar-refractivity contribution in [2.24, 2.45) is 0 Å². The van der Waals surface area contributed by atoms with Crippen molar-refractivity contribution in [1.29, 1.82) is 0 Å². The van der Waals surface area contributed by atoms with Gasteiger partial charge in [0.25, 0.3) is 5.69 Å². The molecular weight excluding hydrogens is 352 g/mol. The maximum absolute atomic E-state index is 10.7. The molecule has 0 saturated heterocycles. The van der Waals surface area contributed by atoms with Crippen molar-refractivity contribution in [3.63, 3.8) is 0 Å². The Kier molecular flexibility index (Phi) is 4.44. The molecule has 1 N–H and O–H groups in total. The van der Waals surface area contributed by atoms with Gasteiger partial charge in [0.15, 0.2) is 0 Å². The largest absolute Gasteiger partial charge is 0.380 e. The quantitative estimate of drug-likeness (QED) is 0.616. The molecule has 0 aliphatic heterocycles. The third kappa shape index (κ3) is 3.46. The van der Waals surface area contributed by atoms with Crippen molar-refractivity contribution < 1.29 is 4.92 Å². The summed E-state index contributed by atoms with van der Waals surface area (Å²) in [7, 11) is 0. The first-order valence-corrected chi connectivity index (χ1v) is 7.38. The van der Waals surface area contributed by atoms with Gasteiger partial charge in [0.2, 0.25) is 0 Å². The van der Waals surface area contributed by atoms with E-state index in [1.807, 2.05) is 13.0 Å². The van der Waals surface area contributed by atoms with E-state index in [0.717, 1.165) is 24.9 Å². The third-order valence-corrected chi connectivity index (χ3v) is 5.04. The zero-order valence-corrected chi connectivity index (χ0v) is 13.1. The zero-order valence-electron chi connectivity index (χ0n) is 9.94. The highest BCUT2D eigenvalue weighted by Crippen LogP contribution is 2.32. The predicted molar refractivity (Wildman–Crippen MR) is 82.2 cm³/mol. The summed E-state index contributed by atoms with van der Waals surface area (Å²) >= 11 is 10.8. The summed E-state index contributed by atoms with van der Waals surface area (Å²) in [4.78, 5) is 11.3. The number of hydrogen-bond donors (Lipinski definition) is 1. The summed E-state index contributed by atoms with van der Waals surface area (Å²) in [6, 6.07) is 6.73. The van der Waals surface area contributed by atoms with Gasteiger partial charge in [-0.3, -0.25) is 10.1 Å². The number of nitrogens with one attached hydrogen (secondary N) is 1. The van der Waals surface area contributed by atoms with E-state index in [2.05, 4.69) is 21.2 Å². The average Bonchev–Trinajstić information content (AvgIpc) is 2.67. The van der Waals surface area contributed by atoms with Crippen LogP contribution in [0.5, 0.6) is 0 Å². The van der Waals surface area contributed by atoms with Crippen LogP contribution in [0.1, 0.15) is 10.4 Å². The van der Waals surface area contributed by atoms with Crippen LogP contribution < -0.4 is 5.32 Å². The molecular formula is C12H10BrClN2O2S. The van der Waals surface area contributed by atoms with E-state index in [0.29, 0.717) is 6.54 Å². The average molecular weight is 362 g/mol. The van der Waals surface area contributed by atoms with E-state index >= 15 is 0 Å². The molecule has 0 amide bonds. The summed E-state index contributed by atoms with van der Waals surface area (Å²) in [6.45, 7) is 2.47. The zero-order chi connectivity index (χ0) is 14.0. The number of benzene rings is 1. The van der Waals surface area contributed by atoms with Crippen LogP contribution in [-0.4, -0.2) is 4.92 Å². The Morgan fingerprint density at radius 2 is 2.21 bits per heavy atom. The number of nitro benzene ring substituents is 1. The van der Waals surface area contributed by atoms with Crippen LogP contribution in [0.4, 0.5) is 11.4 Å². The van der Waals surface area contributed by atoms with Gasteiger partial charge in [0, 0.05) is 33.7 Å². The molecule has 0 radical (unpaired) electrons. The molecule has 1 aromatic carbocycles. The lowest BCUT2D eigenvalue weighted by atomic mass is 10.2. The SMILES string of the molecule is Cc1cc([N+](=O)[O-])ccc1NCc1cc(Br)c(Cl)s1. The molecule has 19 heavy (non-hydrogen) atoms. The van der Waals surface area contributed by atoms with Crippen LogP contribution in [0.2, 0.25) is 4.34 Å². The van der Waals surface area contributed by atoms with Gasteiger partial charge in [-0.15, -0.1) is 11.3 Å². The molecule has 0 aliphatic carbocycles. The maximum Gasteiger partial charge on any atom is 0.269 e. The Morgan fingerprint density at radius 3 is 2.74 bits per heavy atom.